The maximum Gasteiger partial charge on any atom is 0.255 e. The zero-order valence-corrected chi connectivity index (χ0v) is 16.7. The number of fused-ring (bicyclic) bond motifs is 1. The van der Waals surface area contributed by atoms with Gasteiger partial charge in [-0.1, -0.05) is 24.3 Å². The van der Waals surface area contributed by atoms with Crippen molar-refractivity contribution < 1.29 is 14.3 Å². The number of nitrogens with zero attached hydrogens (tertiary/aromatic N) is 4. The van der Waals surface area contributed by atoms with Crippen molar-refractivity contribution in [2.45, 2.75) is 19.2 Å². The van der Waals surface area contributed by atoms with Crippen LogP contribution in [0.3, 0.4) is 0 Å². The summed E-state index contributed by atoms with van der Waals surface area (Å²) < 4.78 is 15.4. The van der Waals surface area contributed by atoms with Crippen LogP contribution >= 0.6 is 0 Å². The van der Waals surface area contributed by atoms with Gasteiger partial charge in [0.1, 0.15) is 6.61 Å². The average Bonchev–Trinajstić information content (AvgIpc) is 3.46. The lowest BCUT2D eigenvalue weighted by Crippen LogP contribution is -2.33. The molecule has 1 aliphatic rings. The van der Waals surface area contributed by atoms with Crippen molar-refractivity contribution in [3.8, 4) is 11.5 Å². The largest absolute Gasteiger partial charge is 0.486 e. The van der Waals surface area contributed by atoms with Gasteiger partial charge in [0.2, 0.25) is 0 Å². The summed E-state index contributed by atoms with van der Waals surface area (Å²) in [6.45, 7) is 1.68. The van der Waals surface area contributed by atoms with Crippen LogP contribution in [0.5, 0.6) is 11.5 Å². The molecule has 0 saturated carbocycles. The first-order chi connectivity index (χ1) is 15.2. The smallest absolute Gasteiger partial charge is 0.255 e. The number of imidazole rings is 1. The molecule has 8 nitrogen and oxygen atoms in total. The van der Waals surface area contributed by atoms with Crippen molar-refractivity contribution in [1.82, 2.24) is 19.3 Å². The molecule has 0 radical (unpaired) electrons. The number of ether oxygens (including phenoxy) is 2. The monoisotopic (exact) mass is 415 g/mol. The predicted octanol–water partition coefficient (Wildman–Crippen LogP) is 3.22. The van der Waals surface area contributed by atoms with Crippen LogP contribution < -0.4 is 14.8 Å². The van der Waals surface area contributed by atoms with E-state index in [2.05, 4.69) is 15.4 Å². The van der Waals surface area contributed by atoms with Gasteiger partial charge in [0.15, 0.2) is 17.6 Å². The minimum Gasteiger partial charge on any atom is -0.486 e. The van der Waals surface area contributed by atoms with Crippen LogP contribution in [-0.4, -0.2) is 37.9 Å². The molecule has 1 N–H and O–H groups in total. The Hall–Kier alpha value is -4.07. The number of benzene rings is 2. The van der Waals surface area contributed by atoms with Crippen LogP contribution in [0.4, 0.5) is 5.69 Å². The quantitative estimate of drug-likeness (QED) is 0.523. The van der Waals surface area contributed by atoms with E-state index in [0.717, 1.165) is 17.1 Å². The Morgan fingerprint density at radius 3 is 2.77 bits per heavy atom. The van der Waals surface area contributed by atoms with E-state index in [4.69, 9.17) is 9.47 Å². The fraction of sp³-hybridized carbons (Fsp3) is 0.174. The Bertz CT molecular complexity index is 1170. The Morgan fingerprint density at radius 1 is 1.13 bits per heavy atom. The van der Waals surface area contributed by atoms with E-state index in [0.29, 0.717) is 30.9 Å². The molecule has 0 spiro atoms. The van der Waals surface area contributed by atoms with Crippen LogP contribution in [-0.2, 0) is 13.1 Å². The molecule has 1 unspecified atom stereocenters. The fourth-order valence-corrected chi connectivity index (χ4v) is 3.45. The number of para-hydroxylation sites is 2. The maximum absolute atomic E-state index is 12.6. The van der Waals surface area contributed by atoms with Crippen LogP contribution in [0, 0.1) is 0 Å². The number of anilines is 1. The zero-order chi connectivity index (χ0) is 21.0. The summed E-state index contributed by atoms with van der Waals surface area (Å²) in [6, 6.07) is 15.1. The van der Waals surface area contributed by atoms with Crippen molar-refractivity contribution in [2.75, 3.05) is 11.9 Å². The molecule has 2 aromatic heterocycles. The Labute approximate surface area is 179 Å². The lowest BCUT2D eigenvalue weighted by Gasteiger charge is -2.26. The molecule has 0 saturated heterocycles. The van der Waals surface area contributed by atoms with E-state index in [1.54, 1.807) is 29.6 Å². The van der Waals surface area contributed by atoms with Crippen LogP contribution in [0.25, 0.3) is 0 Å². The number of nitrogens with one attached hydrogen (secondary N) is 1. The molecule has 0 bridgehead atoms. The van der Waals surface area contributed by atoms with E-state index in [1.165, 1.54) is 0 Å². The topological polar surface area (TPSA) is 83.2 Å². The number of aromatic nitrogens is 4. The number of amides is 1. The van der Waals surface area contributed by atoms with Gasteiger partial charge in [-0.3, -0.25) is 9.48 Å². The summed E-state index contributed by atoms with van der Waals surface area (Å²) >= 11 is 0. The average molecular weight is 415 g/mol. The third-order valence-electron chi connectivity index (χ3n) is 4.99. The van der Waals surface area contributed by atoms with E-state index in [1.807, 2.05) is 59.3 Å². The highest BCUT2D eigenvalue weighted by Crippen LogP contribution is 2.31. The van der Waals surface area contributed by atoms with Crippen molar-refractivity contribution in [1.29, 1.82) is 0 Å². The summed E-state index contributed by atoms with van der Waals surface area (Å²) in [6.07, 6.45) is 8.68. The number of hydrogen-bond donors (Lipinski definition) is 1. The molecule has 3 heterocycles. The van der Waals surface area contributed by atoms with E-state index < -0.39 is 0 Å². The van der Waals surface area contributed by atoms with Gasteiger partial charge < -0.3 is 19.4 Å². The standard InChI is InChI=1S/C23H21N5O3/c29-23(18-7-5-17(6-8-18)12-27-10-9-24-16-27)26-19-11-25-28(13-19)14-20-15-30-21-3-1-2-4-22(21)31-20/h1-11,13,16,20H,12,14-15H2,(H,26,29). The van der Waals surface area contributed by atoms with Crippen LogP contribution in [0.2, 0.25) is 0 Å². The second kappa shape index (κ2) is 8.35. The van der Waals surface area contributed by atoms with Crippen molar-refractivity contribution in [2.24, 2.45) is 0 Å². The highest BCUT2D eigenvalue weighted by molar-refractivity contribution is 6.04. The molecule has 4 aromatic rings. The first-order valence-corrected chi connectivity index (χ1v) is 10.00. The number of rotatable bonds is 6. The van der Waals surface area contributed by atoms with Gasteiger partial charge in [0.05, 0.1) is 24.8 Å². The van der Waals surface area contributed by atoms with E-state index >= 15 is 0 Å². The first kappa shape index (κ1) is 18.9. The molecule has 31 heavy (non-hydrogen) atoms. The van der Waals surface area contributed by atoms with Gasteiger partial charge >= 0.3 is 0 Å². The molecule has 1 atom stereocenters. The van der Waals surface area contributed by atoms with E-state index in [9.17, 15) is 4.79 Å². The fourth-order valence-electron chi connectivity index (χ4n) is 3.45. The van der Waals surface area contributed by atoms with Gasteiger partial charge in [-0.2, -0.15) is 5.10 Å². The van der Waals surface area contributed by atoms with Crippen molar-refractivity contribution in [3.63, 3.8) is 0 Å². The molecule has 1 aliphatic heterocycles. The number of hydrogen-bond acceptors (Lipinski definition) is 5. The van der Waals surface area contributed by atoms with Gasteiger partial charge in [-0.25, -0.2) is 4.98 Å². The summed E-state index contributed by atoms with van der Waals surface area (Å²) in [5.74, 6) is 1.30. The van der Waals surface area contributed by atoms with E-state index in [-0.39, 0.29) is 12.0 Å². The Balaban J connectivity index is 1.17. The zero-order valence-electron chi connectivity index (χ0n) is 16.7. The van der Waals surface area contributed by atoms with Gasteiger partial charge in [0.25, 0.3) is 5.91 Å². The Morgan fingerprint density at radius 2 is 1.97 bits per heavy atom. The molecule has 156 valence electrons. The second-order valence-electron chi connectivity index (χ2n) is 7.33. The molecular weight excluding hydrogens is 394 g/mol. The Kier molecular flexibility index (Phi) is 5.10. The normalized spacial score (nSPS) is 14.9. The molecular formula is C23H21N5O3. The van der Waals surface area contributed by atoms with Gasteiger partial charge in [-0.15, -0.1) is 0 Å². The SMILES string of the molecule is O=C(Nc1cnn(CC2COc3ccccc3O2)c1)c1ccc(Cn2ccnc2)cc1. The minimum atomic E-state index is -0.181. The third kappa shape index (κ3) is 4.42. The minimum absolute atomic E-state index is 0.151. The van der Waals surface area contributed by atoms with Crippen molar-refractivity contribution >= 4 is 11.6 Å². The molecule has 1 amide bonds. The number of carbonyl (C=O) groups excluding carboxylic acids is 1. The highest BCUT2D eigenvalue weighted by Gasteiger charge is 2.21. The lowest BCUT2D eigenvalue weighted by molar-refractivity contribution is 0.0759. The molecule has 8 heteroatoms. The molecule has 2 aromatic carbocycles. The molecule has 0 aliphatic carbocycles. The second-order valence-corrected chi connectivity index (χ2v) is 7.33. The predicted molar refractivity (Wildman–Crippen MR) is 114 cm³/mol. The summed E-state index contributed by atoms with van der Waals surface area (Å²) in [5.41, 5.74) is 2.31. The van der Waals surface area contributed by atoms with Crippen LogP contribution in [0.15, 0.2) is 79.6 Å². The van der Waals surface area contributed by atoms with Crippen molar-refractivity contribution in [3.05, 3.63) is 90.8 Å². The van der Waals surface area contributed by atoms with Crippen LogP contribution in [0.1, 0.15) is 15.9 Å². The summed E-state index contributed by atoms with van der Waals surface area (Å²) in [7, 11) is 0. The third-order valence-corrected chi connectivity index (χ3v) is 4.99. The lowest BCUT2D eigenvalue weighted by atomic mass is 10.1. The molecule has 0 fully saturated rings. The maximum atomic E-state index is 12.6. The van der Waals surface area contributed by atoms with Gasteiger partial charge in [-0.05, 0) is 29.8 Å². The highest BCUT2D eigenvalue weighted by atomic mass is 16.6. The van der Waals surface area contributed by atoms with Gasteiger partial charge in [0, 0.05) is 30.7 Å². The molecule has 5 rings (SSSR count). The number of carbonyl (C=O) groups is 1. The summed E-state index contributed by atoms with van der Waals surface area (Å²) in [5, 5.41) is 7.21. The summed E-state index contributed by atoms with van der Waals surface area (Å²) in [4.78, 5) is 16.6. The first-order valence-electron chi connectivity index (χ1n) is 10.00.